The predicted molar refractivity (Wildman–Crippen MR) is 84.0 cm³/mol. The molecule has 2 rings (SSSR count). The molecule has 1 aliphatic heterocycles. The monoisotopic (exact) mass is 278 g/mol. The minimum absolute atomic E-state index is 0.391. The Kier molecular flexibility index (Phi) is 5.22. The third-order valence-electron chi connectivity index (χ3n) is 4.60. The van der Waals surface area contributed by atoms with Crippen molar-refractivity contribution in [3.8, 4) is 0 Å². The number of piperidine rings is 1. The van der Waals surface area contributed by atoms with E-state index in [0.717, 1.165) is 19.0 Å². The summed E-state index contributed by atoms with van der Waals surface area (Å²) in [5, 5.41) is 8.35. The maximum atomic E-state index is 4.62. The average molecular weight is 278 g/mol. The molecule has 0 saturated carbocycles. The molecule has 114 valence electrons. The number of rotatable bonds is 5. The van der Waals surface area contributed by atoms with Gasteiger partial charge < -0.3 is 10.2 Å². The highest BCUT2D eigenvalue weighted by Crippen LogP contribution is 2.22. The highest BCUT2D eigenvalue weighted by Gasteiger charge is 2.20. The van der Waals surface area contributed by atoms with Crippen LogP contribution in [0.25, 0.3) is 0 Å². The summed E-state index contributed by atoms with van der Waals surface area (Å²) in [6.45, 7) is 13.3. The highest BCUT2D eigenvalue weighted by atomic mass is 15.3. The van der Waals surface area contributed by atoms with Crippen LogP contribution in [0.4, 0.5) is 0 Å². The molecule has 1 saturated heterocycles. The van der Waals surface area contributed by atoms with Crippen LogP contribution in [0.3, 0.4) is 0 Å². The van der Waals surface area contributed by atoms with Crippen molar-refractivity contribution in [1.82, 2.24) is 20.0 Å². The summed E-state index contributed by atoms with van der Waals surface area (Å²) in [5.74, 6) is 0.790. The lowest BCUT2D eigenvalue weighted by Gasteiger charge is -2.30. The fourth-order valence-corrected chi connectivity index (χ4v) is 3.53. The molecule has 0 spiro atoms. The number of hydrogen-bond acceptors (Lipinski definition) is 3. The molecule has 0 aliphatic carbocycles. The van der Waals surface area contributed by atoms with Crippen LogP contribution in [-0.4, -0.2) is 41.4 Å². The van der Waals surface area contributed by atoms with Gasteiger partial charge in [0.25, 0.3) is 0 Å². The SMILES string of the molecule is CCn1nc(C)c(C(C)NCC2CCCN(C)C2)c1C. The van der Waals surface area contributed by atoms with E-state index in [-0.39, 0.29) is 0 Å². The first-order valence-corrected chi connectivity index (χ1v) is 7.98. The Morgan fingerprint density at radius 3 is 2.75 bits per heavy atom. The average Bonchev–Trinajstić information content (AvgIpc) is 2.71. The first kappa shape index (κ1) is 15.5. The lowest BCUT2D eigenvalue weighted by molar-refractivity contribution is 0.203. The third-order valence-corrected chi connectivity index (χ3v) is 4.60. The van der Waals surface area contributed by atoms with E-state index in [2.05, 4.69) is 54.7 Å². The van der Waals surface area contributed by atoms with Crippen molar-refractivity contribution in [2.24, 2.45) is 5.92 Å². The number of aromatic nitrogens is 2. The second-order valence-electron chi connectivity index (χ2n) is 6.30. The molecule has 2 atom stereocenters. The molecular weight excluding hydrogens is 248 g/mol. The summed E-state index contributed by atoms with van der Waals surface area (Å²) in [7, 11) is 2.23. The van der Waals surface area contributed by atoms with Gasteiger partial charge in [-0.1, -0.05) is 0 Å². The zero-order chi connectivity index (χ0) is 14.7. The fraction of sp³-hybridized carbons (Fsp3) is 0.812. The number of aryl methyl sites for hydroxylation is 2. The van der Waals surface area contributed by atoms with E-state index in [9.17, 15) is 0 Å². The zero-order valence-corrected chi connectivity index (χ0v) is 13.7. The summed E-state index contributed by atoms with van der Waals surface area (Å²) in [6, 6.07) is 0.391. The zero-order valence-electron chi connectivity index (χ0n) is 13.7. The van der Waals surface area contributed by atoms with E-state index < -0.39 is 0 Å². The lowest BCUT2D eigenvalue weighted by atomic mass is 9.97. The molecule has 4 heteroatoms. The molecule has 0 bridgehead atoms. The number of nitrogens with zero attached hydrogens (tertiary/aromatic N) is 3. The Morgan fingerprint density at radius 1 is 1.40 bits per heavy atom. The van der Waals surface area contributed by atoms with Gasteiger partial charge in [0.15, 0.2) is 0 Å². The molecule has 2 heterocycles. The normalized spacial score (nSPS) is 22.1. The van der Waals surface area contributed by atoms with Gasteiger partial charge in [-0.05, 0) is 66.6 Å². The van der Waals surface area contributed by atoms with Gasteiger partial charge in [0.1, 0.15) is 0 Å². The molecule has 4 nitrogen and oxygen atoms in total. The molecule has 2 unspecified atom stereocenters. The number of likely N-dealkylation sites (tertiary alicyclic amines) is 1. The Hall–Kier alpha value is -0.870. The van der Waals surface area contributed by atoms with Gasteiger partial charge in [-0.25, -0.2) is 0 Å². The van der Waals surface area contributed by atoms with Crippen LogP contribution in [-0.2, 0) is 6.54 Å². The second kappa shape index (κ2) is 6.72. The van der Waals surface area contributed by atoms with E-state index in [1.165, 1.54) is 42.9 Å². The molecule has 0 aromatic carbocycles. The van der Waals surface area contributed by atoms with Crippen LogP contribution in [0.5, 0.6) is 0 Å². The summed E-state index contributed by atoms with van der Waals surface area (Å²) in [5.41, 5.74) is 3.87. The maximum absolute atomic E-state index is 4.62. The summed E-state index contributed by atoms with van der Waals surface area (Å²) in [6.07, 6.45) is 2.69. The van der Waals surface area contributed by atoms with Crippen molar-refractivity contribution in [3.63, 3.8) is 0 Å². The topological polar surface area (TPSA) is 33.1 Å². The highest BCUT2D eigenvalue weighted by molar-refractivity contribution is 5.27. The van der Waals surface area contributed by atoms with Gasteiger partial charge in [-0.15, -0.1) is 0 Å². The Morgan fingerprint density at radius 2 is 2.15 bits per heavy atom. The quantitative estimate of drug-likeness (QED) is 0.898. The van der Waals surface area contributed by atoms with E-state index in [4.69, 9.17) is 0 Å². The lowest BCUT2D eigenvalue weighted by Crippen LogP contribution is -2.38. The van der Waals surface area contributed by atoms with E-state index >= 15 is 0 Å². The predicted octanol–water partition coefficient (Wildman–Crippen LogP) is 2.51. The van der Waals surface area contributed by atoms with Crippen LogP contribution >= 0.6 is 0 Å². The third kappa shape index (κ3) is 3.41. The standard InChI is InChI=1S/C16H30N4/c1-6-20-14(4)16(13(3)18-20)12(2)17-10-15-8-7-9-19(5)11-15/h12,15,17H,6-11H2,1-5H3. The van der Waals surface area contributed by atoms with Crippen LogP contribution in [0.2, 0.25) is 0 Å². The van der Waals surface area contributed by atoms with Crippen LogP contribution in [0, 0.1) is 19.8 Å². The van der Waals surface area contributed by atoms with Crippen molar-refractivity contribution < 1.29 is 0 Å². The summed E-state index contributed by atoms with van der Waals surface area (Å²) in [4.78, 5) is 2.45. The fourth-order valence-electron chi connectivity index (χ4n) is 3.53. The van der Waals surface area contributed by atoms with Crippen molar-refractivity contribution >= 4 is 0 Å². The molecule has 1 aliphatic rings. The Balaban J connectivity index is 1.94. The van der Waals surface area contributed by atoms with Crippen LogP contribution in [0.15, 0.2) is 0 Å². The minimum Gasteiger partial charge on any atom is -0.310 e. The molecular formula is C16H30N4. The Labute approximate surface area is 123 Å². The summed E-state index contributed by atoms with van der Waals surface area (Å²) >= 11 is 0. The molecule has 1 fully saturated rings. The van der Waals surface area contributed by atoms with Crippen molar-refractivity contribution in [1.29, 1.82) is 0 Å². The van der Waals surface area contributed by atoms with Crippen molar-refractivity contribution in [3.05, 3.63) is 17.0 Å². The van der Waals surface area contributed by atoms with Gasteiger partial charge >= 0.3 is 0 Å². The maximum Gasteiger partial charge on any atom is 0.0644 e. The molecule has 0 amide bonds. The van der Waals surface area contributed by atoms with Crippen molar-refractivity contribution in [2.45, 2.75) is 53.1 Å². The molecule has 20 heavy (non-hydrogen) atoms. The first-order valence-electron chi connectivity index (χ1n) is 7.98. The minimum atomic E-state index is 0.391. The van der Waals surface area contributed by atoms with Gasteiger partial charge in [0, 0.05) is 30.4 Å². The van der Waals surface area contributed by atoms with Gasteiger partial charge in [-0.2, -0.15) is 5.10 Å². The molecule has 1 N–H and O–H groups in total. The van der Waals surface area contributed by atoms with Crippen LogP contribution in [0.1, 0.15) is 49.7 Å². The number of nitrogens with one attached hydrogen (secondary N) is 1. The Bertz CT molecular complexity index is 438. The molecule has 1 aromatic rings. The van der Waals surface area contributed by atoms with Crippen molar-refractivity contribution in [2.75, 3.05) is 26.7 Å². The first-order chi connectivity index (χ1) is 9.52. The largest absolute Gasteiger partial charge is 0.310 e. The molecule has 1 aromatic heterocycles. The van der Waals surface area contributed by atoms with Gasteiger partial charge in [0.05, 0.1) is 5.69 Å². The van der Waals surface area contributed by atoms with Gasteiger partial charge in [0.2, 0.25) is 0 Å². The van der Waals surface area contributed by atoms with E-state index in [0.29, 0.717) is 6.04 Å². The van der Waals surface area contributed by atoms with Gasteiger partial charge in [-0.3, -0.25) is 4.68 Å². The van der Waals surface area contributed by atoms with E-state index in [1.54, 1.807) is 0 Å². The molecule has 0 radical (unpaired) electrons. The van der Waals surface area contributed by atoms with Crippen LogP contribution < -0.4 is 5.32 Å². The smallest absolute Gasteiger partial charge is 0.0644 e. The number of hydrogen-bond donors (Lipinski definition) is 1. The second-order valence-corrected chi connectivity index (χ2v) is 6.30. The summed E-state index contributed by atoms with van der Waals surface area (Å²) < 4.78 is 2.11. The van der Waals surface area contributed by atoms with E-state index in [1.807, 2.05) is 0 Å².